The van der Waals surface area contributed by atoms with Gasteiger partial charge in [-0.3, -0.25) is 28.8 Å². The molecular formula is C72H83ClFN13O9S3. The summed E-state index contributed by atoms with van der Waals surface area (Å²) in [7, 11) is 0. The number of benzene rings is 3. The molecule has 99 heavy (non-hydrogen) atoms. The van der Waals surface area contributed by atoms with Gasteiger partial charge in [-0.15, -0.1) is 34.0 Å². The number of rotatable bonds is 24. The molecule has 6 aromatic rings. The highest BCUT2D eigenvalue weighted by Gasteiger charge is 2.46. The van der Waals surface area contributed by atoms with E-state index in [0.717, 1.165) is 122 Å². The van der Waals surface area contributed by atoms with Gasteiger partial charge in [0.15, 0.2) is 0 Å². The monoisotopic (exact) mass is 1420 g/mol. The second-order valence-corrected chi connectivity index (χ2v) is 28.8. The minimum atomic E-state index is -1.05. The first kappa shape index (κ1) is 72.9. The molecule has 522 valence electrons. The molecule has 13 rings (SSSR count). The van der Waals surface area contributed by atoms with E-state index in [4.69, 9.17) is 25.8 Å². The van der Waals surface area contributed by atoms with Crippen LogP contribution in [-0.4, -0.2) is 94.9 Å². The molecule has 27 heteroatoms. The fourth-order valence-corrected chi connectivity index (χ4v) is 15.4. The maximum absolute atomic E-state index is 15.3. The summed E-state index contributed by atoms with van der Waals surface area (Å²) < 4.78 is 32.4. The third kappa shape index (κ3) is 16.6. The third-order valence-corrected chi connectivity index (χ3v) is 21.7. The fraction of sp³-hybridized carbons (Fsp3) is 0.431. The molecular weight excluding hydrogens is 1340 g/mol. The number of nitrogens with zero attached hydrogens (tertiary/aromatic N) is 10. The van der Waals surface area contributed by atoms with E-state index in [0.29, 0.717) is 71.2 Å². The summed E-state index contributed by atoms with van der Waals surface area (Å²) in [6.07, 6.45) is 13.2. The third-order valence-electron chi connectivity index (χ3n) is 17.5. The fourth-order valence-electron chi connectivity index (χ4n) is 12.0. The maximum atomic E-state index is 15.3. The van der Waals surface area contributed by atoms with Crippen molar-refractivity contribution in [3.63, 3.8) is 0 Å². The van der Waals surface area contributed by atoms with Gasteiger partial charge in [0, 0.05) is 83.2 Å². The molecule has 6 aliphatic heterocycles. The maximum Gasteiger partial charge on any atom is 0.272 e. The van der Waals surface area contributed by atoms with Crippen molar-refractivity contribution in [2.45, 2.75) is 162 Å². The SMILES string of the molecule is C.CCCCOc1ccc([C@@H]2CC(c3ccc(CC)s3)=C(N3N=NCC3=O)C(=O)N2)c(Cl)c1.CCCCOc1ccc([C@]2(C)CC(c3ccc(CC)s3)=C(N3N=NCC3=O)C(=O)N2)cc1.CCCCOc1ccc([C@]2(C)CC(c3ncc(C4CC4)s3)=C(N3N=NCC3=O)C(=O)N2)c(F)c1. The van der Waals surface area contributed by atoms with Crippen molar-refractivity contribution < 1.29 is 47.4 Å². The highest BCUT2D eigenvalue weighted by atomic mass is 35.5. The molecule has 3 aromatic carbocycles. The molecule has 1 aliphatic carbocycles. The molecule has 1 saturated carbocycles. The molecule has 0 saturated heterocycles. The van der Waals surface area contributed by atoms with Crippen LogP contribution in [0.4, 0.5) is 4.39 Å². The molecule has 22 nitrogen and oxygen atoms in total. The van der Waals surface area contributed by atoms with Gasteiger partial charge in [-0.05, 0) is 130 Å². The molecule has 6 amide bonds. The standard InChI is InChI=1S/C24H26FN5O3S.C24H28N4O3S.C23H25ClN4O3S.CH4/c1-3-4-9-33-15-7-8-17(18(25)10-15)24(2)11-16(23-26-12-19(34-23)14-5-6-14)21(22(32)28-24)30-20(31)13-27-29-30;1-4-6-13-31-17-9-7-16(8-10-17)24(3)14-19(20-12-11-18(5-2)32-20)22(23(30)26-24)28-21(29)15-25-27-28;1-3-5-10-31-14-6-8-16(18(24)11-14)19-12-17(20-9-7-15(4-2)32-20)22(23(30)26-19)28-21(29)13-25-27-28;/h7-8,10,12,14H,3-6,9,11,13H2,1-2H3,(H,28,32);7-12H,4-6,13-15H2,1-3H3,(H,26,30);6-9,11,19H,3-5,10,12-13H2,1-2H3,(H,26,30);1H4/t2*24-;19-;/m000./s1. The number of ether oxygens (including phenoxy) is 3. The topological polar surface area (TPSA) is 263 Å². The van der Waals surface area contributed by atoms with Gasteiger partial charge in [0.1, 0.15) is 64.8 Å². The second kappa shape index (κ2) is 32.4. The molecule has 3 atom stereocenters. The number of halogens is 2. The molecule has 9 heterocycles. The lowest BCUT2D eigenvalue weighted by atomic mass is 9.81. The summed E-state index contributed by atoms with van der Waals surface area (Å²) in [5.41, 5.74) is 3.24. The van der Waals surface area contributed by atoms with E-state index < -0.39 is 22.8 Å². The number of unbranched alkanes of at least 4 members (excludes halogenated alkanes) is 3. The van der Waals surface area contributed by atoms with Crippen molar-refractivity contribution in [3.8, 4) is 17.2 Å². The van der Waals surface area contributed by atoms with Crippen molar-refractivity contribution in [2.24, 2.45) is 31.0 Å². The van der Waals surface area contributed by atoms with Crippen molar-refractivity contribution >= 4 is 97.8 Å². The Kier molecular flexibility index (Phi) is 23.9. The van der Waals surface area contributed by atoms with Gasteiger partial charge in [0.2, 0.25) is 0 Å². The van der Waals surface area contributed by atoms with Crippen molar-refractivity contribution in [1.82, 2.24) is 36.0 Å². The van der Waals surface area contributed by atoms with Crippen LogP contribution in [0, 0.1) is 5.82 Å². The Morgan fingerprint density at radius 2 is 1.06 bits per heavy atom. The van der Waals surface area contributed by atoms with Gasteiger partial charge in [0.05, 0.1) is 36.9 Å². The van der Waals surface area contributed by atoms with Crippen LogP contribution < -0.4 is 30.2 Å². The summed E-state index contributed by atoms with van der Waals surface area (Å²) in [4.78, 5) is 87.0. The first-order valence-corrected chi connectivity index (χ1v) is 36.2. The van der Waals surface area contributed by atoms with Gasteiger partial charge >= 0.3 is 0 Å². The Labute approximate surface area is 592 Å². The van der Waals surface area contributed by atoms with Crippen LogP contribution in [0.25, 0.3) is 16.7 Å². The number of carbonyl (C=O) groups is 6. The van der Waals surface area contributed by atoms with Gasteiger partial charge in [-0.1, -0.05) is 113 Å². The summed E-state index contributed by atoms with van der Waals surface area (Å²) in [5.74, 6) is -0.170. The Morgan fingerprint density at radius 1 is 0.576 bits per heavy atom. The van der Waals surface area contributed by atoms with Crippen LogP contribution in [0.5, 0.6) is 17.2 Å². The number of thiophene rings is 2. The largest absolute Gasteiger partial charge is 0.494 e. The van der Waals surface area contributed by atoms with E-state index in [-0.39, 0.29) is 86.2 Å². The number of hydrogen-bond donors (Lipinski definition) is 3. The predicted molar refractivity (Wildman–Crippen MR) is 380 cm³/mol. The average molecular weight is 1430 g/mol. The summed E-state index contributed by atoms with van der Waals surface area (Å²) in [5, 5.41) is 36.6. The second-order valence-electron chi connectivity index (χ2n) is 25.0. The first-order chi connectivity index (χ1) is 47.4. The van der Waals surface area contributed by atoms with Crippen LogP contribution in [-0.2, 0) is 52.7 Å². The molecule has 1 fully saturated rings. The van der Waals surface area contributed by atoms with Crippen molar-refractivity contribution in [2.75, 3.05) is 39.5 Å². The van der Waals surface area contributed by atoms with Crippen LogP contribution in [0.15, 0.2) is 139 Å². The van der Waals surface area contributed by atoms with Gasteiger partial charge < -0.3 is 30.2 Å². The zero-order valence-electron chi connectivity index (χ0n) is 55.9. The number of carbonyl (C=O) groups excluding carboxylic acids is 6. The zero-order chi connectivity index (χ0) is 69.3. The van der Waals surface area contributed by atoms with E-state index >= 15 is 4.39 Å². The lowest BCUT2D eigenvalue weighted by Crippen LogP contribution is -2.51. The van der Waals surface area contributed by atoms with Crippen LogP contribution in [0.3, 0.4) is 0 Å². The highest BCUT2D eigenvalue weighted by Crippen LogP contribution is 2.48. The summed E-state index contributed by atoms with van der Waals surface area (Å²) in [6, 6.07) is 26.0. The van der Waals surface area contributed by atoms with Gasteiger partial charge in [-0.25, -0.2) is 9.37 Å². The van der Waals surface area contributed by atoms with Gasteiger partial charge in [-0.2, -0.15) is 30.4 Å². The first-order valence-electron chi connectivity index (χ1n) is 33.3. The number of hydrogen-bond acceptors (Lipinski definition) is 19. The number of aromatic nitrogens is 1. The van der Waals surface area contributed by atoms with E-state index in [9.17, 15) is 28.8 Å². The Balaban J connectivity index is 0.000000160. The number of nitrogens with one attached hydrogen (secondary N) is 3. The predicted octanol–water partition coefficient (Wildman–Crippen LogP) is 15.5. The molecule has 0 bridgehead atoms. The van der Waals surface area contributed by atoms with Crippen molar-refractivity contribution in [1.29, 1.82) is 0 Å². The lowest BCUT2D eigenvalue weighted by Gasteiger charge is -2.38. The smallest absolute Gasteiger partial charge is 0.272 e. The molecule has 3 N–H and O–H groups in total. The van der Waals surface area contributed by atoms with Gasteiger partial charge in [0.25, 0.3) is 35.4 Å². The lowest BCUT2D eigenvalue weighted by molar-refractivity contribution is -0.130. The zero-order valence-corrected chi connectivity index (χ0v) is 59.1. The van der Waals surface area contributed by atoms with Crippen LogP contribution >= 0.6 is 45.6 Å². The van der Waals surface area contributed by atoms with E-state index in [2.05, 4.69) is 98.7 Å². The van der Waals surface area contributed by atoms with E-state index in [1.165, 1.54) is 27.2 Å². The Morgan fingerprint density at radius 3 is 1.56 bits per heavy atom. The number of amides is 6. The molecule has 0 unspecified atom stereocenters. The average Bonchev–Trinajstić information content (AvgIpc) is 1.73. The van der Waals surface area contributed by atoms with Crippen molar-refractivity contribution in [3.05, 3.63) is 165 Å². The van der Waals surface area contributed by atoms with E-state index in [1.807, 2.05) is 61.7 Å². The number of thiazole rings is 1. The Bertz CT molecular complexity index is 4210. The molecule has 0 radical (unpaired) electrons. The quantitative estimate of drug-likeness (QED) is 0.0482. The minimum absolute atomic E-state index is 0. The summed E-state index contributed by atoms with van der Waals surface area (Å²) in [6.45, 7) is 15.9. The Hall–Kier alpha value is -8.85. The number of aryl methyl sites for hydroxylation is 2. The highest BCUT2D eigenvalue weighted by molar-refractivity contribution is 7.13. The molecule has 0 spiro atoms. The van der Waals surface area contributed by atoms with E-state index in [1.54, 1.807) is 47.8 Å². The van der Waals surface area contributed by atoms with Crippen LogP contribution in [0.2, 0.25) is 5.02 Å². The normalized spacial score (nSPS) is 20.4. The molecule has 3 aromatic heterocycles. The van der Waals surface area contributed by atoms with Crippen LogP contribution in [0.1, 0.15) is 185 Å². The minimum Gasteiger partial charge on any atom is -0.494 e. The summed E-state index contributed by atoms with van der Waals surface area (Å²) >= 11 is 11.4. The molecule has 7 aliphatic rings.